The van der Waals surface area contributed by atoms with Gasteiger partial charge < -0.3 is 0 Å². The van der Waals surface area contributed by atoms with Crippen LogP contribution in [0.1, 0.15) is 0 Å². The molecule has 1 nitrogen and oxygen atoms in total. The average Bonchev–Trinajstić information content (AvgIpc) is 2.23. The molecule has 3 heteroatoms. The molecule has 38 valence electrons. The zero-order chi connectivity index (χ0) is 5.54. The fourth-order valence-electron chi connectivity index (χ4n) is 0.227. The first-order valence-corrected chi connectivity index (χ1v) is 2.91. The van der Waals surface area contributed by atoms with Crippen molar-refractivity contribution in [2.45, 2.75) is 0 Å². The quantitative estimate of drug-likeness (QED) is 0.531. The molecule has 0 spiro atoms. The summed E-state index contributed by atoms with van der Waals surface area (Å²) < 4.78 is 7.83. The second-order valence-corrected chi connectivity index (χ2v) is 1.61. The van der Waals surface area contributed by atoms with Crippen LogP contribution in [-0.2, 0) is 12.5 Å². The molecule has 0 bridgehead atoms. The lowest BCUT2D eigenvalue weighted by atomic mass is 10.7. The molecule has 1 aromatic heterocycles. The van der Waals surface area contributed by atoms with Crippen molar-refractivity contribution in [1.82, 2.24) is 0 Å². The normalized spacial score (nSPS) is 6.29. The van der Waals surface area contributed by atoms with Gasteiger partial charge in [-0.05, 0) is 10.8 Å². The van der Waals surface area contributed by atoms with Gasteiger partial charge in [0.2, 0.25) is 0 Å². The van der Waals surface area contributed by atoms with Gasteiger partial charge in [-0.3, -0.25) is 0 Å². The van der Waals surface area contributed by atoms with E-state index in [1.165, 1.54) is 0 Å². The molecule has 0 aliphatic carbocycles. The summed E-state index contributed by atoms with van der Waals surface area (Å²) in [6, 6.07) is 4.04. The lowest BCUT2D eigenvalue weighted by molar-refractivity contribution is 0.702. The summed E-state index contributed by atoms with van der Waals surface area (Å²) in [5, 5.41) is 4.08. The highest BCUT2D eigenvalue weighted by Crippen LogP contribution is 1.91. The molecule has 1 rings (SSSR count). The summed E-state index contributed by atoms with van der Waals surface area (Å²) in [6.07, 6.45) is 0. The summed E-state index contributed by atoms with van der Waals surface area (Å²) in [6.45, 7) is 0. The average molecular weight is 132 g/mol. The largest absolute Gasteiger partial charge is 0.197 e. The maximum atomic E-state index is 7.83. The second kappa shape index (κ2) is 5.72. The van der Waals surface area contributed by atoms with E-state index < -0.39 is 0 Å². The predicted octanol–water partition coefficient (Wildman–Crippen LogP) is 1.41. The van der Waals surface area contributed by atoms with Crippen LogP contribution in [-0.4, -0.2) is 4.21 Å². The van der Waals surface area contributed by atoms with Crippen LogP contribution in [0.5, 0.6) is 0 Å². The fraction of sp³-hybridized carbons (Fsp3) is 0. The van der Waals surface area contributed by atoms with Crippen LogP contribution >= 0.6 is 11.3 Å². The monoisotopic (exact) mass is 132 g/mol. The van der Waals surface area contributed by atoms with Gasteiger partial charge in [-0.25, -0.2) is 0 Å². The molecular weight excluding hydrogens is 128 g/mol. The summed E-state index contributed by atoms with van der Waals surface area (Å²) in [5.41, 5.74) is 0. The van der Waals surface area contributed by atoms with Gasteiger partial charge in [0.15, 0.2) is 12.5 Å². The van der Waals surface area contributed by atoms with Gasteiger partial charge in [0, 0.05) is 0 Å². The lowest BCUT2D eigenvalue weighted by Gasteiger charge is -1.39. The van der Waals surface area contributed by atoms with E-state index in [0.29, 0.717) is 0 Å². The Labute approximate surface area is 51.5 Å². The standard InChI is InChI=1S/C4H4S.OS/c1-2-4-5-3-1;1-2/h1-4H;. The number of hydrogen-bond acceptors (Lipinski definition) is 3. The predicted molar refractivity (Wildman–Crippen MR) is 32.5 cm³/mol. The van der Waals surface area contributed by atoms with E-state index in [0.717, 1.165) is 0 Å². The number of hydrogen-bond donors (Lipinski definition) is 0. The van der Waals surface area contributed by atoms with E-state index in [4.69, 9.17) is 4.21 Å². The van der Waals surface area contributed by atoms with E-state index in [9.17, 15) is 0 Å². The first-order valence-electron chi connectivity index (χ1n) is 1.64. The van der Waals surface area contributed by atoms with Gasteiger partial charge in [-0.2, -0.15) is 15.5 Å². The van der Waals surface area contributed by atoms with Gasteiger partial charge in [0.05, 0.1) is 0 Å². The first kappa shape index (κ1) is 6.72. The fourth-order valence-corrected chi connectivity index (χ4v) is 0.680. The summed E-state index contributed by atoms with van der Waals surface area (Å²) in [4.78, 5) is 0. The van der Waals surface area contributed by atoms with E-state index in [2.05, 4.69) is 12.5 Å². The van der Waals surface area contributed by atoms with E-state index in [1.54, 1.807) is 11.3 Å². The molecule has 0 amide bonds. The minimum atomic E-state index is 1.71. The Hall–Kier alpha value is -0.280. The Morgan fingerprint density at radius 1 is 1.14 bits per heavy atom. The SMILES string of the molecule is O=S.c1ccsc1. The van der Waals surface area contributed by atoms with Crippen LogP contribution in [0.3, 0.4) is 0 Å². The van der Waals surface area contributed by atoms with Crippen molar-refractivity contribution in [2.75, 3.05) is 0 Å². The molecule has 0 fully saturated rings. The maximum absolute atomic E-state index is 7.83. The highest BCUT2D eigenvalue weighted by atomic mass is 32.1. The number of thiophene rings is 1. The summed E-state index contributed by atoms with van der Waals surface area (Å²) >= 11 is 4.55. The molecule has 0 atom stereocenters. The molecule has 0 saturated carbocycles. The molecule has 0 aliphatic rings. The van der Waals surface area contributed by atoms with Crippen LogP contribution in [0.25, 0.3) is 0 Å². The van der Waals surface area contributed by atoms with Crippen molar-refractivity contribution in [3.8, 4) is 0 Å². The Morgan fingerprint density at radius 3 is 1.71 bits per heavy atom. The van der Waals surface area contributed by atoms with Crippen molar-refractivity contribution >= 4 is 23.9 Å². The van der Waals surface area contributed by atoms with Gasteiger partial charge in [0.25, 0.3) is 0 Å². The smallest absolute Gasteiger partial charge is 0.197 e. The highest BCUT2D eigenvalue weighted by molar-refractivity contribution is 7.44. The molecule has 0 aromatic carbocycles. The highest BCUT2D eigenvalue weighted by Gasteiger charge is 1.58. The van der Waals surface area contributed by atoms with Gasteiger partial charge in [0.1, 0.15) is 0 Å². The Bertz CT molecular complexity index is 76.6. The van der Waals surface area contributed by atoms with Crippen molar-refractivity contribution < 1.29 is 4.21 Å². The molecular formula is C4H4OS2. The summed E-state index contributed by atoms with van der Waals surface area (Å²) in [7, 11) is 0. The van der Waals surface area contributed by atoms with Crippen molar-refractivity contribution in [3.63, 3.8) is 0 Å². The summed E-state index contributed by atoms with van der Waals surface area (Å²) in [5.74, 6) is 0. The third-order valence-electron chi connectivity index (χ3n) is 0.425. The van der Waals surface area contributed by atoms with Crippen LogP contribution in [0.2, 0.25) is 0 Å². The van der Waals surface area contributed by atoms with E-state index >= 15 is 0 Å². The van der Waals surface area contributed by atoms with Crippen molar-refractivity contribution in [3.05, 3.63) is 22.9 Å². The zero-order valence-electron chi connectivity index (χ0n) is 3.53. The van der Waals surface area contributed by atoms with Gasteiger partial charge >= 0.3 is 0 Å². The van der Waals surface area contributed by atoms with E-state index in [1.807, 2.05) is 22.9 Å². The Balaban J connectivity index is 0.000000162. The molecule has 0 unspecified atom stereocenters. The van der Waals surface area contributed by atoms with Crippen molar-refractivity contribution in [1.29, 1.82) is 0 Å². The van der Waals surface area contributed by atoms with Gasteiger partial charge in [-0.15, -0.1) is 0 Å². The minimum absolute atomic E-state index is 1.71. The number of rotatable bonds is 0. The van der Waals surface area contributed by atoms with E-state index in [-0.39, 0.29) is 0 Å². The third-order valence-corrected chi connectivity index (χ3v) is 1.05. The van der Waals surface area contributed by atoms with Crippen LogP contribution in [0.4, 0.5) is 0 Å². The van der Waals surface area contributed by atoms with Crippen molar-refractivity contribution in [2.24, 2.45) is 0 Å². The van der Waals surface area contributed by atoms with Crippen LogP contribution in [0.15, 0.2) is 22.9 Å². The van der Waals surface area contributed by atoms with Gasteiger partial charge in [-0.1, -0.05) is 12.1 Å². The Morgan fingerprint density at radius 2 is 1.57 bits per heavy atom. The molecule has 1 aromatic rings. The third kappa shape index (κ3) is 3.55. The van der Waals surface area contributed by atoms with Crippen LogP contribution in [0, 0.1) is 0 Å². The Kier molecular flexibility index (Phi) is 5.49. The maximum Gasteiger partial charge on any atom is 0.197 e. The molecule has 0 radical (unpaired) electrons. The first-order chi connectivity index (χ1) is 3.50. The molecule has 1 heterocycles. The lowest BCUT2D eigenvalue weighted by Crippen LogP contribution is -1.16. The molecule has 0 N–H and O–H groups in total. The molecule has 7 heavy (non-hydrogen) atoms. The molecule has 0 saturated heterocycles. The van der Waals surface area contributed by atoms with Crippen LogP contribution < -0.4 is 0 Å². The topological polar surface area (TPSA) is 17.1 Å². The molecule has 0 aliphatic heterocycles. The minimum Gasteiger partial charge on any atom is -0.197 e. The zero-order valence-corrected chi connectivity index (χ0v) is 5.17. The second-order valence-electron chi connectivity index (χ2n) is 0.793.